The van der Waals surface area contributed by atoms with Crippen molar-refractivity contribution in [1.82, 2.24) is 5.32 Å². The van der Waals surface area contributed by atoms with Gasteiger partial charge in [0.25, 0.3) is 0 Å². The van der Waals surface area contributed by atoms with Crippen LogP contribution in [0.15, 0.2) is 24.3 Å². The Morgan fingerprint density at radius 2 is 2.17 bits per heavy atom. The van der Waals surface area contributed by atoms with E-state index in [0.29, 0.717) is 6.10 Å². The molecule has 2 aliphatic rings. The third kappa shape index (κ3) is 2.69. The molecule has 0 radical (unpaired) electrons. The fraction of sp³-hybridized carbons (Fsp3) is 0.625. The summed E-state index contributed by atoms with van der Waals surface area (Å²) in [6.07, 6.45) is 6.79. The lowest BCUT2D eigenvalue weighted by Crippen LogP contribution is -2.32. The van der Waals surface area contributed by atoms with Gasteiger partial charge in [0, 0.05) is 12.5 Å². The van der Waals surface area contributed by atoms with Crippen LogP contribution in [0.3, 0.4) is 0 Å². The molecule has 1 saturated carbocycles. The highest BCUT2D eigenvalue weighted by Crippen LogP contribution is 2.36. The van der Waals surface area contributed by atoms with E-state index in [1.165, 1.54) is 31.2 Å². The monoisotopic (exact) mass is 245 g/mol. The van der Waals surface area contributed by atoms with Gasteiger partial charge >= 0.3 is 0 Å². The SMILES string of the molecule is CCNC(CCC1Cc2ccccc2O1)C1CC1. The molecule has 0 saturated heterocycles. The lowest BCUT2D eigenvalue weighted by atomic mass is 10.0. The maximum atomic E-state index is 6.01. The van der Waals surface area contributed by atoms with E-state index in [1.807, 2.05) is 0 Å². The zero-order valence-corrected chi connectivity index (χ0v) is 11.2. The number of ether oxygens (including phenoxy) is 1. The smallest absolute Gasteiger partial charge is 0.123 e. The van der Waals surface area contributed by atoms with Gasteiger partial charge in [-0.3, -0.25) is 0 Å². The summed E-state index contributed by atoms with van der Waals surface area (Å²) in [6, 6.07) is 9.18. The molecule has 1 aromatic rings. The molecular formula is C16H23NO. The molecular weight excluding hydrogens is 222 g/mol. The molecule has 1 N–H and O–H groups in total. The van der Waals surface area contributed by atoms with Crippen molar-refractivity contribution in [3.8, 4) is 5.75 Å². The van der Waals surface area contributed by atoms with Crippen LogP contribution in [0, 0.1) is 5.92 Å². The van der Waals surface area contributed by atoms with Crippen LogP contribution in [0.2, 0.25) is 0 Å². The molecule has 98 valence electrons. The molecule has 3 rings (SSSR count). The normalized spacial score (nSPS) is 23.5. The van der Waals surface area contributed by atoms with Crippen LogP contribution < -0.4 is 10.1 Å². The van der Waals surface area contributed by atoms with Crippen LogP contribution in [-0.4, -0.2) is 18.7 Å². The van der Waals surface area contributed by atoms with Crippen LogP contribution in [0.5, 0.6) is 5.75 Å². The zero-order chi connectivity index (χ0) is 12.4. The highest BCUT2D eigenvalue weighted by Gasteiger charge is 2.31. The zero-order valence-electron chi connectivity index (χ0n) is 11.2. The molecule has 1 aromatic carbocycles. The first-order chi connectivity index (χ1) is 8.86. The molecule has 0 bridgehead atoms. The van der Waals surface area contributed by atoms with Crippen LogP contribution in [0.1, 0.15) is 38.2 Å². The Morgan fingerprint density at radius 3 is 2.89 bits per heavy atom. The quantitative estimate of drug-likeness (QED) is 0.831. The van der Waals surface area contributed by atoms with E-state index in [-0.39, 0.29) is 0 Å². The van der Waals surface area contributed by atoms with Crippen LogP contribution >= 0.6 is 0 Å². The van der Waals surface area contributed by atoms with Crippen molar-refractivity contribution < 1.29 is 4.74 Å². The lowest BCUT2D eigenvalue weighted by Gasteiger charge is -2.19. The van der Waals surface area contributed by atoms with Crippen molar-refractivity contribution in [1.29, 1.82) is 0 Å². The number of rotatable bonds is 6. The van der Waals surface area contributed by atoms with Crippen LogP contribution in [0.4, 0.5) is 0 Å². The molecule has 18 heavy (non-hydrogen) atoms. The largest absolute Gasteiger partial charge is 0.490 e. The molecule has 2 nitrogen and oxygen atoms in total. The van der Waals surface area contributed by atoms with E-state index >= 15 is 0 Å². The van der Waals surface area contributed by atoms with Gasteiger partial charge < -0.3 is 10.1 Å². The van der Waals surface area contributed by atoms with Gasteiger partial charge in [0.05, 0.1) is 0 Å². The van der Waals surface area contributed by atoms with Crippen LogP contribution in [-0.2, 0) is 6.42 Å². The van der Waals surface area contributed by atoms with E-state index in [0.717, 1.165) is 30.7 Å². The summed E-state index contributed by atoms with van der Waals surface area (Å²) < 4.78 is 6.01. The summed E-state index contributed by atoms with van der Waals surface area (Å²) in [5.41, 5.74) is 1.38. The molecule has 2 unspecified atom stereocenters. The molecule has 1 heterocycles. The molecule has 2 heteroatoms. The standard InChI is InChI=1S/C16H23NO/c1-2-17-15(12-7-8-12)10-9-14-11-13-5-3-4-6-16(13)18-14/h3-6,12,14-15,17H,2,7-11H2,1H3. The first-order valence-electron chi connectivity index (χ1n) is 7.34. The van der Waals surface area contributed by atoms with Crippen molar-refractivity contribution in [3.63, 3.8) is 0 Å². The molecule has 0 spiro atoms. The predicted molar refractivity (Wildman–Crippen MR) is 74.0 cm³/mol. The van der Waals surface area contributed by atoms with Gasteiger partial charge in [-0.15, -0.1) is 0 Å². The van der Waals surface area contributed by atoms with Crippen molar-refractivity contribution >= 4 is 0 Å². The van der Waals surface area contributed by atoms with Crippen molar-refractivity contribution in [3.05, 3.63) is 29.8 Å². The lowest BCUT2D eigenvalue weighted by molar-refractivity contribution is 0.208. The number of hydrogen-bond acceptors (Lipinski definition) is 2. The highest BCUT2D eigenvalue weighted by atomic mass is 16.5. The third-order valence-electron chi connectivity index (χ3n) is 4.17. The minimum atomic E-state index is 0.405. The molecule has 1 aliphatic heterocycles. The van der Waals surface area contributed by atoms with E-state index in [4.69, 9.17) is 4.74 Å². The van der Waals surface area contributed by atoms with Gasteiger partial charge in [-0.05, 0) is 49.8 Å². The second-order valence-electron chi connectivity index (χ2n) is 5.63. The highest BCUT2D eigenvalue weighted by molar-refractivity contribution is 5.37. The Hall–Kier alpha value is -1.02. The Bertz CT molecular complexity index is 375. The van der Waals surface area contributed by atoms with E-state index in [1.54, 1.807) is 0 Å². The first kappa shape index (κ1) is 12.0. The van der Waals surface area contributed by atoms with Crippen molar-refractivity contribution in [2.75, 3.05) is 6.54 Å². The van der Waals surface area contributed by atoms with Gasteiger partial charge in [-0.25, -0.2) is 0 Å². The fourth-order valence-corrected chi connectivity index (χ4v) is 3.05. The van der Waals surface area contributed by atoms with Crippen LogP contribution in [0.25, 0.3) is 0 Å². The summed E-state index contributed by atoms with van der Waals surface area (Å²) in [7, 11) is 0. The summed E-state index contributed by atoms with van der Waals surface area (Å²) in [5, 5.41) is 3.63. The summed E-state index contributed by atoms with van der Waals surface area (Å²) >= 11 is 0. The van der Waals surface area contributed by atoms with E-state index < -0.39 is 0 Å². The van der Waals surface area contributed by atoms with Gasteiger partial charge in [0.1, 0.15) is 11.9 Å². The second-order valence-corrected chi connectivity index (χ2v) is 5.63. The molecule has 2 atom stereocenters. The van der Waals surface area contributed by atoms with Crippen molar-refractivity contribution in [2.24, 2.45) is 5.92 Å². The Kier molecular flexibility index (Phi) is 3.55. The second kappa shape index (κ2) is 5.31. The number of hydrogen-bond donors (Lipinski definition) is 1. The number of benzene rings is 1. The summed E-state index contributed by atoms with van der Waals surface area (Å²) in [6.45, 7) is 3.30. The summed E-state index contributed by atoms with van der Waals surface area (Å²) in [4.78, 5) is 0. The van der Waals surface area contributed by atoms with Gasteiger partial charge in [0.15, 0.2) is 0 Å². The molecule has 1 aliphatic carbocycles. The predicted octanol–water partition coefficient (Wildman–Crippen LogP) is 3.16. The van der Waals surface area contributed by atoms with E-state index in [2.05, 4.69) is 36.5 Å². The van der Waals surface area contributed by atoms with E-state index in [9.17, 15) is 0 Å². The Labute approximate surface area is 110 Å². The molecule has 0 amide bonds. The summed E-state index contributed by atoms with van der Waals surface area (Å²) in [5.74, 6) is 2.04. The first-order valence-corrected chi connectivity index (χ1v) is 7.34. The average molecular weight is 245 g/mol. The maximum absolute atomic E-state index is 6.01. The minimum Gasteiger partial charge on any atom is -0.490 e. The van der Waals surface area contributed by atoms with Gasteiger partial charge in [-0.1, -0.05) is 25.1 Å². The van der Waals surface area contributed by atoms with Crippen molar-refractivity contribution in [2.45, 2.75) is 51.2 Å². The van der Waals surface area contributed by atoms with Gasteiger partial charge in [0.2, 0.25) is 0 Å². The average Bonchev–Trinajstić information content (AvgIpc) is 3.13. The maximum Gasteiger partial charge on any atom is 0.123 e. The third-order valence-corrected chi connectivity index (χ3v) is 4.17. The topological polar surface area (TPSA) is 21.3 Å². The number of nitrogens with one attached hydrogen (secondary N) is 1. The Morgan fingerprint density at radius 1 is 1.33 bits per heavy atom. The van der Waals surface area contributed by atoms with Gasteiger partial charge in [-0.2, -0.15) is 0 Å². The molecule has 1 fully saturated rings. The number of para-hydroxylation sites is 1. The fourth-order valence-electron chi connectivity index (χ4n) is 3.05. The molecule has 0 aromatic heterocycles. The minimum absolute atomic E-state index is 0.405. The number of fused-ring (bicyclic) bond motifs is 1. The Balaban J connectivity index is 1.50.